The molecule has 1 fully saturated rings. The average molecular weight is 402 g/mol. The van der Waals surface area contributed by atoms with E-state index >= 15 is 0 Å². The summed E-state index contributed by atoms with van der Waals surface area (Å²) in [6.07, 6.45) is -0.638. The van der Waals surface area contributed by atoms with Crippen molar-refractivity contribution < 1.29 is 28.2 Å². The normalized spacial score (nSPS) is 18.0. The van der Waals surface area contributed by atoms with Gasteiger partial charge in [-0.2, -0.15) is 0 Å². The maximum atomic E-state index is 13.3. The molecule has 0 spiro atoms. The molecule has 0 radical (unpaired) electrons. The molecule has 2 aliphatic heterocycles. The van der Waals surface area contributed by atoms with Crippen molar-refractivity contribution in [3.63, 3.8) is 0 Å². The van der Waals surface area contributed by atoms with Gasteiger partial charge in [0.2, 0.25) is 0 Å². The van der Waals surface area contributed by atoms with Crippen LogP contribution >= 0.6 is 0 Å². The van der Waals surface area contributed by atoms with Crippen LogP contribution in [0.2, 0.25) is 0 Å². The number of carboxylic acids is 1. The summed E-state index contributed by atoms with van der Waals surface area (Å²) in [7, 11) is 0. The summed E-state index contributed by atoms with van der Waals surface area (Å²) < 4.78 is 32.4. The van der Waals surface area contributed by atoms with Gasteiger partial charge >= 0.3 is 5.97 Å². The predicted octanol–water partition coefficient (Wildman–Crippen LogP) is 3.79. The van der Waals surface area contributed by atoms with Crippen LogP contribution in [0, 0.1) is 0 Å². The lowest BCUT2D eigenvalue weighted by atomic mass is 10.0. The molecule has 8 heteroatoms. The maximum Gasteiger partial charge on any atom is 0.335 e. The van der Waals surface area contributed by atoms with Gasteiger partial charge in [0.1, 0.15) is 12.4 Å². The van der Waals surface area contributed by atoms with E-state index in [-0.39, 0.29) is 37.4 Å². The number of ether oxygens (including phenoxy) is 1. The predicted molar refractivity (Wildman–Crippen MR) is 102 cm³/mol. The van der Waals surface area contributed by atoms with E-state index in [4.69, 9.17) is 9.84 Å². The van der Waals surface area contributed by atoms with Gasteiger partial charge < -0.3 is 19.6 Å². The average Bonchev–Trinajstić information content (AvgIpc) is 2.72. The Morgan fingerprint density at radius 3 is 2.28 bits per heavy atom. The van der Waals surface area contributed by atoms with Gasteiger partial charge in [-0.1, -0.05) is 0 Å². The van der Waals surface area contributed by atoms with Crippen LogP contribution in [0.15, 0.2) is 42.5 Å². The van der Waals surface area contributed by atoms with Crippen LogP contribution in [0.3, 0.4) is 0 Å². The molecule has 1 saturated heterocycles. The van der Waals surface area contributed by atoms with Gasteiger partial charge in [-0.3, -0.25) is 4.79 Å². The number of carbonyl (C=O) groups is 2. The Bertz CT molecular complexity index is 936. The van der Waals surface area contributed by atoms with E-state index < -0.39 is 11.9 Å². The molecular weight excluding hydrogens is 382 g/mol. The third-order valence-electron chi connectivity index (χ3n) is 5.28. The van der Waals surface area contributed by atoms with Crippen LogP contribution in [0.1, 0.15) is 33.6 Å². The van der Waals surface area contributed by atoms with Crippen LogP contribution in [-0.4, -0.2) is 54.0 Å². The highest BCUT2D eigenvalue weighted by atomic mass is 19.3. The number of nitrogens with zero attached hydrogens (tertiary/aromatic N) is 2. The standard InChI is InChI=1S/C21H20F2N2O4/c22-21(23)7-9-24(10-8-21)19(26)15-3-6-17-18(13-15)29-12-11-25(17)16-4-1-14(2-5-16)20(27)28/h1-6,13H,7-12H2,(H,27,28). The van der Waals surface area contributed by atoms with Crippen molar-refractivity contribution in [3.05, 3.63) is 53.6 Å². The summed E-state index contributed by atoms with van der Waals surface area (Å²) in [6.45, 7) is 1.05. The van der Waals surface area contributed by atoms with Gasteiger partial charge in [0, 0.05) is 37.2 Å². The molecule has 0 aromatic heterocycles. The molecule has 6 nitrogen and oxygen atoms in total. The molecule has 0 unspecified atom stereocenters. The maximum absolute atomic E-state index is 13.3. The van der Waals surface area contributed by atoms with Crippen molar-refractivity contribution in [1.82, 2.24) is 4.90 Å². The fourth-order valence-corrected chi connectivity index (χ4v) is 3.62. The summed E-state index contributed by atoms with van der Waals surface area (Å²) in [4.78, 5) is 27.2. The molecule has 1 amide bonds. The minimum absolute atomic E-state index is 0.0336. The highest BCUT2D eigenvalue weighted by molar-refractivity contribution is 5.96. The number of rotatable bonds is 3. The van der Waals surface area contributed by atoms with Gasteiger partial charge in [-0.05, 0) is 42.5 Å². The molecule has 0 aliphatic carbocycles. The van der Waals surface area contributed by atoms with Crippen molar-refractivity contribution in [2.24, 2.45) is 0 Å². The first-order chi connectivity index (χ1) is 13.8. The molecule has 2 aromatic carbocycles. The highest BCUT2D eigenvalue weighted by Crippen LogP contribution is 2.38. The summed E-state index contributed by atoms with van der Waals surface area (Å²) in [6, 6.07) is 11.6. The molecular formula is C21H20F2N2O4. The van der Waals surface area contributed by atoms with E-state index in [9.17, 15) is 18.4 Å². The molecule has 0 bridgehead atoms. The molecule has 4 rings (SSSR count). The van der Waals surface area contributed by atoms with Crippen LogP contribution < -0.4 is 9.64 Å². The second kappa shape index (κ2) is 7.35. The second-order valence-corrected chi connectivity index (χ2v) is 7.18. The number of benzene rings is 2. The molecule has 2 aromatic rings. The number of piperidine rings is 1. The minimum Gasteiger partial charge on any atom is -0.490 e. The third kappa shape index (κ3) is 3.87. The zero-order chi connectivity index (χ0) is 20.6. The Hall–Kier alpha value is -3.16. The zero-order valence-corrected chi connectivity index (χ0v) is 15.6. The van der Waals surface area contributed by atoms with E-state index in [1.807, 2.05) is 4.90 Å². The molecule has 152 valence electrons. The minimum atomic E-state index is -2.70. The van der Waals surface area contributed by atoms with Crippen molar-refractivity contribution in [3.8, 4) is 5.75 Å². The largest absolute Gasteiger partial charge is 0.490 e. The molecule has 2 heterocycles. The number of anilines is 2. The monoisotopic (exact) mass is 402 g/mol. The number of fused-ring (bicyclic) bond motifs is 1. The topological polar surface area (TPSA) is 70.1 Å². The van der Waals surface area contributed by atoms with Crippen LogP contribution in [0.25, 0.3) is 0 Å². The number of halogens is 2. The number of amides is 1. The number of carbonyl (C=O) groups excluding carboxylic acids is 1. The number of aromatic carboxylic acids is 1. The van der Waals surface area contributed by atoms with E-state index in [0.717, 1.165) is 11.4 Å². The summed E-state index contributed by atoms with van der Waals surface area (Å²) in [5.41, 5.74) is 2.19. The fraction of sp³-hybridized carbons (Fsp3) is 0.333. The third-order valence-corrected chi connectivity index (χ3v) is 5.28. The first-order valence-electron chi connectivity index (χ1n) is 9.39. The lowest BCUT2D eigenvalue weighted by Crippen LogP contribution is -2.42. The van der Waals surface area contributed by atoms with Crippen LogP contribution in [-0.2, 0) is 0 Å². The number of hydrogen-bond donors (Lipinski definition) is 1. The lowest BCUT2D eigenvalue weighted by Gasteiger charge is -2.33. The Kier molecular flexibility index (Phi) is 4.86. The van der Waals surface area contributed by atoms with Crippen molar-refractivity contribution >= 4 is 23.3 Å². The van der Waals surface area contributed by atoms with Gasteiger partial charge in [-0.15, -0.1) is 0 Å². The molecule has 0 saturated carbocycles. The Labute approximate surface area is 166 Å². The van der Waals surface area contributed by atoms with Crippen molar-refractivity contribution in [1.29, 1.82) is 0 Å². The molecule has 1 N–H and O–H groups in total. The SMILES string of the molecule is O=C(O)c1ccc(N2CCOc3cc(C(=O)N4CCC(F)(F)CC4)ccc32)cc1. The number of carboxylic acid groups (broad SMARTS) is 1. The Balaban J connectivity index is 1.55. The number of likely N-dealkylation sites (tertiary alicyclic amines) is 1. The number of hydrogen-bond acceptors (Lipinski definition) is 4. The molecule has 29 heavy (non-hydrogen) atoms. The van der Waals surface area contributed by atoms with Gasteiger partial charge in [0.15, 0.2) is 0 Å². The van der Waals surface area contributed by atoms with E-state index in [0.29, 0.717) is 24.5 Å². The first kappa shape index (κ1) is 19.2. The fourth-order valence-electron chi connectivity index (χ4n) is 3.62. The zero-order valence-electron chi connectivity index (χ0n) is 15.6. The van der Waals surface area contributed by atoms with Gasteiger partial charge in [0.25, 0.3) is 11.8 Å². The summed E-state index contributed by atoms with van der Waals surface area (Å²) in [5, 5.41) is 9.05. The van der Waals surface area contributed by atoms with Crippen LogP contribution in [0.5, 0.6) is 5.75 Å². The van der Waals surface area contributed by atoms with E-state index in [1.54, 1.807) is 30.3 Å². The number of alkyl halides is 2. The summed E-state index contributed by atoms with van der Waals surface area (Å²) in [5.74, 6) is -3.44. The second-order valence-electron chi connectivity index (χ2n) is 7.18. The molecule has 2 aliphatic rings. The van der Waals surface area contributed by atoms with E-state index in [1.165, 1.54) is 17.0 Å². The van der Waals surface area contributed by atoms with Crippen molar-refractivity contribution in [2.45, 2.75) is 18.8 Å². The molecule has 0 atom stereocenters. The Morgan fingerprint density at radius 1 is 0.966 bits per heavy atom. The van der Waals surface area contributed by atoms with Gasteiger partial charge in [0.05, 0.1) is 17.8 Å². The smallest absolute Gasteiger partial charge is 0.335 e. The van der Waals surface area contributed by atoms with Crippen LogP contribution in [0.4, 0.5) is 20.2 Å². The summed E-state index contributed by atoms with van der Waals surface area (Å²) >= 11 is 0. The van der Waals surface area contributed by atoms with E-state index in [2.05, 4.69) is 0 Å². The van der Waals surface area contributed by atoms with Crippen molar-refractivity contribution in [2.75, 3.05) is 31.1 Å². The highest BCUT2D eigenvalue weighted by Gasteiger charge is 2.36. The first-order valence-corrected chi connectivity index (χ1v) is 9.39. The quantitative estimate of drug-likeness (QED) is 0.846. The van der Waals surface area contributed by atoms with Gasteiger partial charge in [-0.25, -0.2) is 13.6 Å². The Morgan fingerprint density at radius 2 is 1.62 bits per heavy atom. The lowest BCUT2D eigenvalue weighted by molar-refractivity contribution is -0.0494.